The molecular formula is C23H29N3O4. The highest BCUT2D eigenvalue weighted by molar-refractivity contribution is 5.93. The number of anilines is 2. The second-order valence-corrected chi connectivity index (χ2v) is 7.10. The number of morpholine rings is 1. The molecule has 1 aliphatic rings. The number of ether oxygens (including phenoxy) is 2. The molecule has 2 amide bonds. The van der Waals surface area contributed by atoms with Gasteiger partial charge in [0, 0.05) is 30.9 Å². The van der Waals surface area contributed by atoms with Crippen LogP contribution >= 0.6 is 0 Å². The minimum absolute atomic E-state index is 0.0540. The van der Waals surface area contributed by atoms with Gasteiger partial charge in [-0.1, -0.05) is 18.2 Å². The molecule has 30 heavy (non-hydrogen) atoms. The number of carbonyl (C=O) groups is 2. The zero-order chi connectivity index (χ0) is 21.2. The second kappa shape index (κ2) is 11.3. The first-order chi connectivity index (χ1) is 14.6. The van der Waals surface area contributed by atoms with E-state index < -0.39 is 0 Å². The Morgan fingerprint density at radius 1 is 0.967 bits per heavy atom. The average molecular weight is 412 g/mol. The van der Waals surface area contributed by atoms with E-state index in [-0.39, 0.29) is 11.8 Å². The molecule has 3 rings (SSSR count). The van der Waals surface area contributed by atoms with Gasteiger partial charge < -0.3 is 20.1 Å². The fourth-order valence-corrected chi connectivity index (χ4v) is 3.28. The summed E-state index contributed by atoms with van der Waals surface area (Å²) >= 11 is 0. The van der Waals surface area contributed by atoms with E-state index in [0.29, 0.717) is 50.6 Å². The van der Waals surface area contributed by atoms with E-state index in [4.69, 9.17) is 9.47 Å². The van der Waals surface area contributed by atoms with Crippen molar-refractivity contribution >= 4 is 23.2 Å². The number of aryl methyl sites for hydroxylation is 1. The van der Waals surface area contributed by atoms with Gasteiger partial charge in [-0.05, 0) is 49.2 Å². The third-order valence-corrected chi connectivity index (χ3v) is 4.82. The van der Waals surface area contributed by atoms with Gasteiger partial charge in [0.25, 0.3) is 0 Å². The maximum atomic E-state index is 12.3. The van der Waals surface area contributed by atoms with E-state index in [0.717, 1.165) is 24.4 Å². The third-order valence-electron chi connectivity index (χ3n) is 4.82. The van der Waals surface area contributed by atoms with Crippen LogP contribution in [-0.2, 0) is 20.7 Å². The molecule has 0 bridgehead atoms. The summed E-state index contributed by atoms with van der Waals surface area (Å²) in [6.07, 6.45) is 0.972. The van der Waals surface area contributed by atoms with Crippen molar-refractivity contribution in [2.24, 2.45) is 0 Å². The summed E-state index contributed by atoms with van der Waals surface area (Å²) in [6, 6.07) is 14.9. The van der Waals surface area contributed by atoms with Crippen molar-refractivity contribution in [2.45, 2.75) is 19.8 Å². The van der Waals surface area contributed by atoms with Gasteiger partial charge >= 0.3 is 0 Å². The third kappa shape index (κ3) is 6.86. The molecule has 1 saturated heterocycles. The van der Waals surface area contributed by atoms with Gasteiger partial charge in [-0.2, -0.15) is 0 Å². The van der Waals surface area contributed by atoms with Gasteiger partial charge in [0.15, 0.2) is 0 Å². The number of carbonyl (C=O) groups excluding carboxylic acids is 2. The summed E-state index contributed by atoms with van der Waals surface area (Å²) in [5.41, 5.74) is 2.43. The van der Waals surface area contributed by atoms with Crippen LogP contribution in [0.5, 0.6) is 5.75 Å². The van der Waals surface area contributed by atoms with Crippen LogP contribution in [0.2, 0.25) is 0 Å². The predicted octanol–water partition coefficient (Wildman–Crippen LogP) is 2.93. The topological polar surface area (TPSA) is 79.9 Å². The Balaban J connectivity index is 1.44. The first-order valence-electron chi connectivity index (χ1n) is 10.3. The molecule has 0 aliphatic carbocycles. The molecule has 0 aromatic heterocycles. The number of benzene rings is 2. The van der Waals surface area contributed by atoms with E-state index in [1.165, 1.54) is 0 Å². The summed E-state index contributed by atoms with van der Waals surface area (Å²) in [5.74, 6) is 0.706. The molecule has 0 spiro atoms. The van der Waals surface area contributed by atoms with E-state index in [9.17, 15) is 9.59 Å². The van der Waals surface area contributed by atoms with Crippen molar-refractivity contribution in [1.82, 2.24) is 4.90 Å². The fourth-order valence-electron chi connectivity index (χ4n) is 3.28. The number of para-hydroxylation sites is 1. The standard InChI is InChI=1S/C23H29N3O4/c1-2-30-21-6-4-3-5-18(21)7-12-22(27)24-19-8-10-20(11-9-19)25-23(28)17-26-13-15-29-16-14-26/h3-6,8-11H,2,7,12-17H2,1H3,(H,24,27)(H,25,28). The normalized spacial score (nSPS) is 14.2. The molecule has 1 heterocycles. The van der Waals surface area contributed by atoms with Crippen LogP contribution in [0.15, 0.2) is 48.5 Å². The number of hydrogen-bond acceptors (Lipinski definition) is 5. The number of nitrogens with one attached hydrogen (secondary N) is 2. The van der Waals surface area contributed by atoms with Gasteiger partial charge in [0.1, 0.15) is 5.75 Å². The largest absolute Gasteiger partial charge is 0.494 e. The highest BCUT2D eigenvalue weighted by Gasteiger charge is 2.14. The van der Waals surface area contributed by atoms with Crippen LogP contribution in [-0.4, -0.2) is 56.2 Å². The Hall–Kier alpha value is -2.90. The molecule has 7 nitrogen and oxygen atoms in total. The predicted molar refractivity (Wildman–Crippen MR) is 117 cm³/mol. The monoisotopic (exact) mass is 411 g/mol. The number of nitrogens with zero attached hydrogens (tertiary/aromatic N) is 1. The molecule has 7 heteroatoms. The van der Waals surface area contributed by atoms with Crippen molar-refractivity contribution in [3.8, 4) is 5.75 Å². The quantitative estimate of drug-likeness (QED) is 0.663. The van der Waals surface area contributed by atoms with Crippen molar-refractivity contribution in [3.63, 3.8) is 0 Å². The minimum atomic E-state index is -0.0644. The Morgan fingerprint density at radius 3 is 2.27 bits per heavy atom. The summed E-state index contributed by atoms with van der Waals surface area (Å²) in [5, 5.41) is 5.78. The van der Waals surface area contributed by atoms with Crippen molar-refractivity contribution in [1.29, 1.82) is 0 Å². The molecular weight excluding hydrogens is 382 g/mol. The second-order valence-electron chi connectivity index (χ2n) is 7.10. The zero-order valence-electron chi connectivity index (χ0n) is 17.4. The Bertz CT molecular complexity index is 833. The first-order valence-corrected chi connectivity index (χ1v) is 10.3. The highest BCUT2D eigenvalue weighted by Crippen LogP contribution is 2.20. The van der Waals surface area contributed by atoms with Crippen LogP contribution < -0.4 is 15.4 Å². The SMILES string of the molecule is CCOc1ccccc1CCC(=O)Nc1ccc(NC(=O)CN2CCOCC2)cc1. The van der Waals surface area contributed by atoms with Crippen LogP contribution in [0, 0.1) is 0 Å². The van der Waals surface area contributed by atoms with Crippen LogP contribution in [0.4, 0.5) is 11.4 Å². The molecule has 0 atom stereocenters. The van der Waals surface area contributed by atoms with E-state index in [1.807, 2.05) is 31.2 Å². The summed E-state index contributed by atoms with van der Waals surface area (Å²) in [6.45, 7) is 5.76. The summed E-state index contributed by atoms with van der Waals surface area (Å²) in [7, 11) is 0. The van der Waals surface area contributed by atoms with E-state index >= 15 is 0 Å². The van der Waals surface area contributed by atoms with Crippen molar-refractivity contribution in [2.75, 3.05) is 50.1 Å². The Labute approximate surface area is 177 Å². The van der Waals surface area contributed by atoms with Gasteiger partial charge in [0.2, 0.25) is 11.8 Å². The first kappa shape index (κ1) is 21.8. The van der Waals surface area contributed by atoms with Gasteiger partial charge in [-0.15, -0.1) is 0 Å². The number of hydrogen-bond donors (Lipinski definition) is 2. The van der Waals surface area contributed by atoms with Crippen LogP contribution in [0.3, 0.4) is 0 Å². The van der Waals surface area contributed by atoms with Gasteiger partial charge in [-0.3, -0.25) is 14.5 Å². The molecule has 0 unspecified atom stereocenters. The minimum Gasteiger partial charge on any atom is -0.494 e. The molecule has 2 aromatic carbocycles. The van der Waals surface area contributed by atoms with Crippen LogP contribution in [0.1, 0.15) is 18.9 Å². The van der Waals surface area contributed by atoms with Crippen LogP contribution in [0.25, 0.3) is 0 Å². The number of amides is 2. The summed E-state index contributed by atoms with van der Waals surface area (Å²) < 4.78 is 10.9. The lowest BCUT2D eigenvalue weighted by Crippen LogP contribution is -2.41. The van der Waals surface area contributed by atoms with Gasteiger partial charge in [0.05, 0.1) is 26.4 Å². The Kier molecular flexibility index (Phi) is 8.23. The molecule has 2 N–H and O–H groups in total. The fraction of sp³-hybridized carbons (Fsp3) is 0.391. The maximum absolute atomic E-state index is 12.3. The lowest BCUT2D eigenvalue weighted by atomic mass is 10.1. The average Bonchev–Trinajstić information content (AvgIpc) is 2.75. The molecule has 2 aromatic rings. The lowest BCUT2D eigenvalue weighted by Gasteiger charge is -2.25. The maximum Gasteiger partial charge on any atom is 0.238 e. The highest BCUT2D eigenvalue weighted by atomic mass is 16.5. The van der Waals surface area contributed by atoms with E-state index in [2.05, 4.69) is 15.5 Å². The lowest BCUT2D eigenvalue weighted by molar-refractivity contribution is -0.118. The van der Waals surface area contributed by atoms with Crippen molar-refractivity contribution in [3.05, 3.63) is 54.1 Å². The molecule has 1 fully saturated rings. The Morgan fingerprint density at radius 2 is 1.60 bits per heavy atom. The molecule has 0 radical (unpaired) electrons. The molecule has 160 valence electrons. The molecule has 0 saturated carbocycles. The molecule has 1 aliphatic heterocycles. The number of rotatable bonds is 9. The van der Waals surface area contributed by atoms with Gasteiger partial charge in [-0.25, -0.2) is 0 Å². The summed E-state index contributed by atoms with van der Waals surface area (Å²) in [4.78, 5) is 26.5. The van der Waals surface area contributed by atoms with Crippen molar-refractivity contribution < 1.29 is 19.1 Å². The smallest absolute Gasteiger partial charge is 0.238 e. The van der Waals surface area contributed by atoms with E-state index in [1.54, 1.807) is 24.3 Å². The zero-order valence-corrected chi connectivity index (χ0v) is 17.4.